The van der Waals surface area contributed by atoms with Gasteiger partial charge in [-0.25, -0.2) is 4.39 Å². The molecule has 0 saturated carbocycles. The van der Waals surface area contributed by atoms with E-state index in [1.165, 1.54) is 13.8 Å². The molecule has 68 valence electrons. The fraction of sp³-hybridized carbons (Fsp3) is 1.00. The second-order valence-electron chi connectivity index (χ2n) is 3.52. The standard InChI is InChI=1S/C8H17FO2/c1-7(4-10)5-11-6-8(2,3)9/h7,10H,4-6H2,1-3H3. The lowest BCUT2D eigenvalue weighted by Gasteiger charge is -2.15. The predicted octanol–water partition coefficient (Wildman–Crippen LogP) is 1.38. The number of hydrogen-bond acceptors (Lipinski definition) is 2. The summed E-state index contributed by atoms with van der Waals surface area (Å²) in [5, 5.41) is 8.59. The molecule has 0 fully saturated rings. The average Bonchev–Trinajstić information content (AvgIpc) is 1.85. The van der Waals surface area contributed by atoms with Crippen molar-refractivity contribution in [2.45, 2.75) is 26.4 Å². The number of rotatable bonds is 5. The third-order valence-electron chi connectivity index (χ3n) is 1.16. The topological polar surface area (TPSA) is 29.5 Å². The van der Waals surface area contributed by atoms with Crippen LogP contribution in [0.4, 0.5) is 4.39 Å². The molecule has 11 heavy (non-hydrogen) atoms. The van der Waals surface area contributed by atoms with Gasteiger partial charge in [0.25, 0.3) is 0 Å². The highest BCUT2D eigenvalue weighted by molar-refractivity contribution is 4.63. The van der Waals surface area contributed by atoms with E-state index < -0.39 is 5.67 Å². The Labute approximate surface area is 67.4 Å². The van der Waals surface area contributed by atoms with Gasteiger partial charge < -0.3 is 9.84 Å². The van der Waals surface area contributed by atoms with Gasteiger partial charge in [-0.2, -0.15) is 0 Å². The van der Waals surface area contributed by atoms with Crippen molar-refractivity contribution in [1.29, 1.82) is 0 Å². The molecule has 1 atom stereocenters. The lowest BCUT2D eigenvalue weighted by molar-refractivity contribution is 0.0132. The van der Waals surface area contributed by atoms with Gasteiger partial charge in [0.05, 0.1) is 13.2 Å². The van der Waals surface area contributed by atoms with E-state index in [4.69, 9.17) is 9.84 Å². The van der Waals surface area contributed by atoms with Crippen LogP contribution in [-0.2, 0) is 4.74 Å². The molecule has 1 unspecified atom stereocenters. The van der Waals surface area contributed by atoms with Crippen LogP contribution in [-0.4, -0.2) is 30.6 Å². The number of aliphatic hydroxyl groups is 1. The Morgan fingerprint density at radius 3 is 2.45 bits per heavy atom. The van der Waals surface area contributed by atoms with E-state index in [1.54, 1.807) is 0 Å². The van der Waals surface area contributed by atoms with Gasteiger partial charge in [0.2, 0.25) is 0 Å². The first kappa shape index (κ1) is 10.8. The van der Waals surface area contributed by atoms with E-state index in [1.807, 2.05) is 6.92 Å². The molecule has 0 amide bonds. The fourth-order valence-electron chi connectivity index (χ4n) is 0.556. The minimum absolute atomic E-state index is 0.0900. The molecule has 0 saturated heterocycles. The SMILES string of the molecule is CC(CO)COCC(C)(C)F. The van der Waals surface area contributed by atoms with Gasteiger partial charge in [-0.05, 0) is 13.8 Å². The quantitative estimate of drug-likeness (QED) is 0.665. The third kappa shape index (κ3) is 7.75. The van der Waals surface area contributed by atoms with E-state index in [0.29, 0.717) is 6.61 Å². The lowest BCUT2D eigenvalue weighted by atomic mass is 10.2. The molecular formula is C8H17FO2. The zero-order valence-corrected chi connectivity index (χ0v) is 7.43. The highest BCUT2D eigenvalue weighted by atomic mass is 19.1. The second-order valence-corrected chi connectivity index (χ2v) is 3.52. The van der Waals surface area contributed by atoms with Gasteiger partial charge in [0.15, 0.2) is 0 Å². The average molecular weight is 164 g/mol. The maximum atomic E-state index is 12.8. The van der Waals surface area contributed by atoms with Crippen molar-refractivity contribution < 1.29 is 14.2 Å². The van der Waals surface area contributed by atoms with Gasteiger partial charge in [0.1, 0.15) is 5.67 Å². The summed E-state index contributed by atoms with van der Waals surface area (Å²) < 4.78 is 17.8. The van der Waals surface area contributed by atoms with E-state index in [0.717, 1.165) is 0 Å². The number of alkyl halides is 1. The summed E-state index contributed by atoms with van der Waals surface area (Å²) >= 11 is 0. The molecule has 0 aromatic carbocycles. The molecular weight excluding hydrogens is 147 g/mol. The van der Waals surface area contributed by atoms with Crippen LogP contribution >= 0.6 is 0 Å². The molecule has 0 bridgehead atoms. The first-order valence-electron chi connectivity index (χ1n) is 3.83. The molecule has 0 heterocycles. The fourth-order valence-corrected chi connectivity index (χ4v) is 0.556. The van der Waals surface area contributed by atoms with Crippen molar-refractivity contribution in [2.24, 2.45) is 5.92 Å². The maximum absolute atomic E-state index is 12.8. The van der Waals surface area contributed by atoms with Gasteiger partial charge in [0, 0.05) is 12.5 Å². The summed E-state index contributed by atoms with van der Waals surface area (Å²) in [5.74, 6) is 0.0948. The van der Waals surface area contributed by atoms with Crippen LogP contribution in [0.5, 0.6) is 0 Å². The van der Waals surface area contributed by atoms with E-state index in [2.05, 4.69) is 0 Å². The van der Waals surface area contributed by atoms with Crippen LogP contribution in [0.15, 0.2) is 0 Å². The third-order valence-corrected chi connectivity index (χ3v) is 1.16. The molecule has 1 N–H and O–H groups in total. The summed E-state index contributed by atoms with van der Waals surface area (Å²) in [5.41, 5.74) is -1.27. The molecule has 3 heteroatoms. The highest BCUT2D eigenvalue weighted by Crippen LogP contribution is 2.08. The van der Waals surface area contributed by atoms with Gasteiger partial charge in [-0.3, -0.25) is 0 Å². The van der Waals surface area contributed by atoms with Crippen LogP contribution < -0.4 is 0 Å². The smallest absolute Gasteiger partial charge is 0.128 e. The van der Waals surface area contributed by atoms with Crippen LogP contribution in [0.3, 0.4) is 0 Å². The van der Waals surface area contributed by atoms with Crippen LogP contribution in [0.25, 0.3) is 0 Å². The molecule has 0 aromatic rings. The number of aliphatic hydroxyl groups excluding tert-OH is 1. The molecule has 0 aliphatic heterocycles. The molecule has 0 aliphatic carbocycles. The normalized spacial score (nSPS) is 15.0. The minimum atomic E-state index is -1.27. The van der Waals surface area contributed by atoms with E-state index >= 15 is 0 Å². The molecule has 0 rings (SSSR count). The highest BCUT2D eigenvalue weighted by Gasteiger charge is 2.15. The Morgan fingerprint density at radius 1 is 1.55 bits per heavy atom. The molecule has 0 aromatic heterocycles. The summed E-state index contributed by atoms with van der Waals surface area (Å²) in [6, 6.07) is 0. The van der Waals surface area contributed by atoms with E-state index in [9.17, 15) is 4.39 Å². The number of halogens is 1. The van der Waals surface area contributed by atoms with Crippen molar-refractivity contribution in [2.75, 3.05) is 19.8 Å². The first-order valence-corrected chi connectivity index (χ1v) is 3.83. The first-order chi connectivity index (χ1) is 4.95. The predicted molar refractivity (Wildman–Crippen MR) is 42.3 cm³/mol. The summed E-state index contributed by atoms with van der Waals surface area (Å²) in [4.78, 5) is 0. The summed E-state index contributed by atoms with van der Waals surface area (Å²) in [7, 11) is 0. The van der Waals surface area contributed by atoms with Crippen LogP contribution in [0.1, 0.15) is 20.8 Å². The van der Waals surface area contributed by atoms with Crippen molar-refractivity contribution in [3.05, 3.63) is 0 Å². The zero-order valence-electron chi connectivity index (χ0n) is 7.43. The van der Waals surface area contributed by atoms with E-state index in [-0.39, 0.29) is 19.1 Å². The minimum Gasteiger partial charge on any atom is -0.396 e. The Morgan fingerprint density at radius 2 is 2.09 bits per heavy atom. The van der Waals surface area contributed by atoms with Crippen molar-refractivity contribution >= 4 is 0 Å². The summed E-state index contributed by atoms with van der Waals surface area (Å²) in [6.45, 7) is 5.40. The van der Waals surface area contributed by atoms with Crippen molar-refractivity contribution in [3.8, 4) is 0 Å². The Bertz CT molecular complexity index is 98.8. The molecule has 0 spiro atoms. The summed E-state index contributed by atoms with van der Waals surface area (Å²) in [6.07, 6.45) is 0. The largest absolute Gasteiger partial charge is 0.396 e. The Hall–Kier alpha value is -0.150. The van der Waals surface area contributed by atoms with Crippen molar-refractivity contribution in [3.63, 3.8) is 0 Å². The maximum Gasteiger partial charge on any atom is 0.128 e. The monoisotopic (exact) mass is 164 g/mol. The Balaban J connectivity index is 3.28. The van der Waals surface area contributed by atoms with Crippen molar-refractivity contribution in [1.82, 2.24) is 0 Å². The van der Waals surface area contributed by atoms with Gasteiger partial charge in [-0.15, -0.1) is 0 Å². The number of ether oxygens (including phenoxy) is 1. The second kappa shape index (κ2) is 4.67. The number of hydrogen-bond donors (Lipinski definition) is 1. The van der Waals surface area contributed by atoms with Gasteiger partial charge >= 0.3 is 0 Å². The van der Waals surface area contributed by atoms with Crippen LogP contribution in [0, 0.1) is 5.92 Å². The Kier molecular flexibility index (Phi) is 4.61. The zero-order chi connectivity index (χ0) is 8.91. The van der Waals surface area contributed by atoms with Crippen LogP contribution in [0.2, 0.25) is 0 Å². The molecule has 0 radical (unpaired) electrons. The van der Waals surface area contributed by atoms with Gasteiger partial charge in [-0.1, -0.05) is 6.92 Å². The lowest BCUT2D eigenvalue weighted by Crippen LogP contribution is -2.23. The molecule has 0 aliphatic rings. The molecule has 2 nitrogen and oxygen atoms in total.